The van der Waals surface area contributed by atoms with Crippen LogP contribution in [-0.2, 0) is 9.59 Å². The van der Waals surface area contributed by atoms with Crippen molar-refractivity contribution < 1.29 is 9.59 Å². The average Bonchev–Trinajstić information content (AvgIpc) is 2.55. The molecular formula is C19H20Br2N2O2. The molecule has 2 N–H and O–H groups in total. The predicted molar refractivity (Wildman–Crippen MR) is 106 cm³/mol. The Morgan fingerprint density at radius 1 is 0.880 bits per heavy atom. The van der Waals surface area contributed by atoms with Gasteiger partial charge in [0.1, 0.15) is 0 Å². The quantitative estimate of drug-likeness (QED) is 0.649. The van der Waals surface area contributed by atoms with Gasteiger partial charge in [-0.05, 0) is 42.3 Å². The van der Waals surface area contributed by atoms with Crippen LogP contribution in [0, 0.1) is 0 Å². The van der Waals surface area contributed by atoms with E-state index in [1.807, 2.05) is 55.5 Å². The van der Waals surface area contributed by atoms with E-state index < -0.39 is 0 Å². The highest BCUT2D eigenvalue weighted by atomic mass is 79.9. The third-order valence-corrected chi connectivity index (χ3v) is 4.84. The largest absolute Gasteiger partial charge is 0.350 e. The molecule has 0 aliphatic rings. The van der Waals surface area contributed by atoms with Crippen LogP contribution in [0.15, 0.2) is 57.5 Å². The first-order chi connectivity index (χ1) is 11.8. The number of rotatable bonds is 6. The van der Waals surface area contributed by atoms with Crippen LogP contribution in [0.2, 0.25) is 0 Å². The van der Waals surface area contributed by atoms with Gasteiger partial charge < -0.3 is 10.6 Å². The Hall–Kier alpha value is -1.66. The van der Waals surface area contributed by atoms with Crippen LogP contribution in [0.3, 0.4) is 0 Å². The van der Waals surface area contributed by atoms with E-state index in [0.29, 0.717) is 0 Å². The molecule has 0 saturated carbocycles. The second-order valence-electron chi connectivity index (χ2n) is 5.85. The van der Waals surface area contributed by atoms with Crippen LogP contribution < -0.4 is 10.6 Å². The zero-order chi connectivity index (χ0) is 18.4. The van der Waals surface area contributed by atoms with Gasteiger partial charge in [0.05, 0.1) is 18.5 Å². The van der Waals surface area contributed by atoms with Crippen molar-refractivity contribution in [3.8, 4) is 0 Å². The second-order valence-corrected chi connectivity index (χ2v) is 7.68. The SMILES string of the molecule is CC(=O)NC(CC(=O)NC(C)c1ccc(Br)cc1)c1ccc(Br)cc1. The number of carbonyl (C=O) groups excluding carboxylic acids is 2. The highest BCUT2D eigenvalue weighted by molar-refractivity contribution is 9.10. The molecule has 2 amide bonds. The zero-order valence-electron chi connectivity index (χ0n) is 14.1. The van der Waals surface area contributed by atoms with Crippen molar-refractivity contribution in [2.24, 2.45) is 0 Å². The Kier molecular flexibility index (Phi) is 7.20. The van der Waals surface area contributed by atoms with Gasteiger partial charge in [-0.25, -0.2) is 0 Å². The van der Waals surface area contributed by atoms with Gasteiger partial charge in [0.15, 0.2) is 0 Å². The van der Waals surface area contributed by atoms with Gasteiger partial charge in [0.25, 0.3) is 0 Å². The lowest BCUT2D eigenvalue weighted by molar-refractivity contribution is -0.123. The summed E-state index contributed by atoms with van der Waals surface area (Å²) in [6.07, 6.45) is 0.183. The number of amides is 2. The van der Waals surface area contributed by atoms with E-state index in [2.05, 4.69) is 42.5 Å². The van der Waals surface area contributed by atoms with E-state index in [1.54, 1.807) is 0 Å². The zero-order valence-corrected chi connectivity index (χ0v) is 17.2. The van der Waals surface area contributed by atoms with Crippen LogP contribution in [0.5, 0.6) is 0 Å². The van der Waals surface area contributed by atoms with Crippen LogP contribution in [-0.4, -0.2) is 11.8 Å². The van der Waals surface area contributed by atoms with Crippen LogP contribution in [0.4, 0.5) is 0 Å². The topological polar surface area (TPSA) is 58.2 Å². The molecule has 2 unspecified atom stereocenters. The Bertz CT molecular complexity index is 730. The molecule has 4 nitrogen and oxygen atoms in total. The minimum atomic E-state index is -0.359. The molecule has 2 aromatic carbocycles. The lowest BCUT2D eigenvalue weighted by atomic mass is 10.0. The van der Waals surface area contributed by atoms with E-state index in [-0.39, 0.29) is 30.3 Å². The molecule has 0 aromatic heterocycles. The molecule has 132 valence electrons. The van der Waals surface area contributed by atoms with Crippen molar-refractivity contribution >= 4 is 43.7 Å². The number of hydrogen-bond acceptors (Lipinski definition) is 2. The van der Waals surface area contributed by atoms with Crippen LogP contribution in [0.1, 0.15) is 43.5 Å². The van der Waals surface area contributed by atoms with E-state index in [0.717, 1.165) is 20.1 Å². The summed E-state index contributed by atoms with van der Waals surface area (Å²) in [5.74, 6) is -0.279. The first kappa shape index (κ1) is 19.7. The van der Waals surface area contributed by atoms with Gasteiger partial charge in [-0.3, -0.25) is 9.59 Å². The number of halogens is 2. The third kappa shape index (κ3) is 6.29. The molecule has 2 rings (SSSR count). The molecule has 2 atom stereocenters. The standard InChI is InChI=1S/C19H20Br2N2O2/c1-12(14-3-7-16(20)8-4-14)22-19(25)11-18(23-13(2)24)15-5-9-17(21)10-6-15/h3-10,12,18H,11H2,1-2H3,(H,22,25)(H,23,24). The molecule has 0 saturated heterocycles. The maximum Gasteiger partial charge on any atom is 0.222 e. The number of nitrogens with one attached hydrogen (secondary N) is 2. The second kappa shape index (κ2) is 9.15. The molecule has 0 fully saturated rings. The summed E-state index contributed by atoms with van der Waals surface area (Å²) in [6, 6.07) is 14.9. The number of benzene rings is 2. The van der Waals surface area contributed by atoms with Crippen molar-refractivity contribution in [2.45, 2.75) is 32.4 Å². The average molecular weight is 468 g/mol. The maximum absolute atomic E-state index is 12.4. The first-order valence-electron chi connectivity index (χ1n) is 7.92. The van der Waals surface area contributed by atoms with Crippen molar-refractivity contribution in [1.82, 2.24) is 10.6 Å². The third-order valence-electron chi connectivity index (χ3n) is 3.79. The molecule has 6 heteroatoms. The number of hydrogen-bond donors (Lipinski definition) is 2. The molecule has 0 bridgehead atoms. The monoisotopic (exact) mass is 466 g/mol. The van der Waals surface area contributed by atoms with Crippen LogP contribution >= 0.6 is 31.9 Å². The normalized spacial score (nSPS) is 13.0. The molecule has 0 heterocycles. The summed E-state index contributed by atoms with van der Waals surface area (Å²) in [5, 5.41) is 5.83. The van der Waals surface area contributed by atoms with Crippen molar-refractivity contribution in [3.05, 3.63) is 68.6 Å². The maximum atomic E-state index is 12.4. The molecule has 0 spiro atoms. The summed E-state index contributed by atoms with van der Waals surface area (Å²) in [5.41, 5.74) is 1.92. The minimum absolute atomic E-state index is 0.108. The van der Waals surface area contributed by atoms with Crippen molar-refractivity contribution in [1.29, 1.82) is 0 Å². The van der Waals surface area contributed by atoms with E-state index >= 15 is 0 Å². The predicted octanol–water partition coefficient (Wildman–Crippen LogP) is 4.66. The van der Waals surface area contributed by atoms with Gasteiger partial charge >= 0.3 is 0 Å². The lowest BCUT2D eigenvalue weighted by Crippen LogP contribution is -2.33. The van der Waals surface area contributed by atoms with Crippen molar-refractivity contribution in [3.63, 3.8) is 0 Å². The van der Waals surface area contributed by atoms with E-state index in [1.165, 1.54) is 6.92 Å². The van der Waals surface area contributed by atoms with Gasteiger partial charge in [0.2, 0.25) is 11.8 Å². The lowest BCUT2D eigenvalue weighted by Gasteiger charge is -2.20. The van der Waals surface area contributed by atoms with Gasteiger partial charge in [0, 0.05) is 15.9 Å². The Morgan fingerprint density at radius 2 is 1.36 bits per heavy atom. The van der Waals surface area contributed by atoms with Gasteiger partial charge in [-0.1, -0.05) is 56.1 Å². The van der Waals surface area contributed by atoms with Gasteiger partial charge in [-0.2, -0.15) is 0 Å². The Labute approximate surface area is 164 Å². The highest BCUT2D eigenvalue weighted by Gasteiger charge is 2.18. The Morgan fingerprint density at radius 3 is 1.84 bits per heavy atom. The summed E-state index contributed by atoms with van der Waals surface area (Å²) in [4.78, 5) is 23.9. The molecule has 25 heavy (non-hydrogen) atoms. The fourth-order valence-corrected chi connectivity index (χ4v) is 3.04. The minimum Gasteiger partial charge on any atom is -0.350 e. The first-order valence-corrected chi connectivity index (χ1v) is 9.51. The summed E-state index contributed by atoms with van der Waals surface area (Å²) in [6.45, 7) is 3.39. The van der Waals surface area contributed by atoms with E-state index in [4.69, 9.17) is 0 Å². The summed E-state index contributed by atoms with van der Waals surface area (Å²) >= 11 is 6.79. The molecule has 0 aliphatic heterocycles. The molecule has 0 aliphatic carbocycles. The molecule has 0 radical (unpaired) electrons. The Balaban J connectivity index is 2.04. The van der Waals surface area contributed by atoms with E-state index in [9.17, 15) is 9.59 Å². The van der Waals surface area contributed by atoms with Gasteiger partial charge in [-0.15, -0.1) is 0 Å². The smallest absolute Gasteiger partial charge is 0.222 e. The fourth-order valence-electron chi connectivity index (χ4n) is 2.51. The molecule has 2 aromatic rings. The van der Waals surface area contributed by atoms with Crippen LogP contribution in [0.25, 0.3) is 0 Å². The van der Waals surface area contributed by atoms with Crippen molar-refractivity contribution in [2.75, 3.05) is 0 Å². The summed E-state index contributed by atoms with van der Waals surface area (Å²) < 4.78 is 1.95. The fraction of sp³-hybridized carbons (Fsp3) is 0.263. The molecular weight excluding hydrogens is 448 g/mol. The highest BCUT2D eigenvalue weighted by Crippen LogP contribution is 2.21. The summed E-state index contributed by atoms with van der Waals surface area (Å²) in [7, 11) is 0. The number of carbonyl (C=O) groups is 2.